The van der Waals surface area contributed by atoms with Crippen LogP contribution >= 0.6 is 0 Å². The van der Waals surface area contributed by atoms with Gasteiger partial charge < -0.3 is 8.85 Å². The minimum atomic E-state index is -2.38. The average molecular weight is 289 g/mol. The Kier molecular flexibility index (Phi) is 6.78. The van der Waals surface area contributed by atoms with Crippen LogP contribution in [-0.4, -0.2) is 21.8 Å². The van der Waals surface area contributed by atoms with Gasteiger partial charge >= 0.3 is 8.56 Å². The molecule has 0 rings (SSSR count). The van der Waals surface area contributed by atoms with Gasteiger partial charge in [-0.1, -0.05) is 55.4 Å². The van der Waals surface area contributed by atoms with Gasteiger partial charge in [0.1, 0.15) is 0 Å². The molecule has 0 unspecified atom stereocenters. The van der Waals surface area contributed by atoms with Gasteiger partial charge in [0, 0.05) is 23.3 Å². The summed E-state index contributed by atoms with van der Waals surface area (Å²) in [5.41, 5.74) is 0. The zero-order chi connectivity index (χ0) is 15.5. The van der Waals surface area contributed by atoms with Gasteiger partial charge in [-0.3, -0.25) is 0 Å². The van der Waals surface area contributed by atoms with Crippen LogP contribution in [0.1, 0.15) is 69.2 Å². The van der Waals surface area contributed by atoms with Gasteiger partial charge in [0.05, 0.1) is 0 Å². The smallest absolute Gasteiger partial charge is 0.350 e. The quantitative estimate of drug-likeness (QED) is 0.559. The van der Waals surface area contributed by atoms with E-state index in [2.05, 4.69) is 69.2 Å². The molecule has 0 fully saturated rings. The molecule has 0 aliphatic rings. The number of hydrogen-bond donors (Lipinski definition) is 0. The van der Waals surface area contributed by atoms with Crippen LogP contribution in [-0.2, 0) is 8.85 Å². The molecule has 0 heterocycles. The summed E-state index contributed by atoms with van der Waals surface area (Å²) >= 11 is 0. The second-order valence-corrected chi connectivity index (χ2v) is 11.6. The molecule has 0 saturated carbocycles. The van der Waals surface area contributed by atoms with Crippen molar-refractivity contribution >= 4 is 8.56 Å². The lowest BCUT2D eigenvalue weighted by atomic mass is 9.97. The van der Waals surface area contributed by atoms with Crippen molar-refractivity contribution in [3.05, 3.63) is 0 Å². The van der Waals surface area contributed by atoms with Crippen LogP contribution in [0.15, 0.2) is 0 Å². The van der Waals surface area contributed by atoms with Crippen molar-refractivity contribution in [2.24, 2.45) is 11.8 Å². The number of hydrogen-bond acceptors (Lipinski definition) is 2. The van der Waals surface area contributed by atoms with Crippen molar-refractivity contribution in [1.29, 1.82) is 0 Å². The Morgan fingerprint density at radius 3 is 1.16 bits per heavy atom. The van der Waals surface area contributed by atoms with E-state index in [4.69, 9.17) is 8.85 Å². The topological polar surface area (TPSA) is 18.5 Å². The van der Waals surface area contributed by atoms with E-state index in [1.54, 1.807) is 0 Å². The van der Waals surface area contributed by atoms with Crippen LogP contribution in [0.25, 0.3) is 0 Å². The van der Waals surface area contributed by atoms with Crippen molar-refractivity contribution < 1.29 is 8.85 Å². The van der Waals surface area contributed by atoms with E-state index < -0.39 is 8.56 Å². The summed E-state index contributed by atoms with van der Waals surface area (Å²) in [6.07, 6.45) is 0. The summed E-state index contributed by atoms with van der Waals surface area (Å²) in [6, 6.07) is 0. The maximum absolute atomic E-state index is 6.44. The lowest BCUT2D eigenvalue weighted by Crippen LogP contribution is -2.62. The van der Waals surface area contributed by atoms with Crippen molar-refractivity contribution in [1.82, 2.24) is 0 Å². The molecule has 0 radical (unpaired) electrons. The van der Waals surface area contributed by atoms with E-state index in [0.717, 1.165) is 13.2 Å². The lowest BCUT2D eigenvalue weighted by Gasteiger charge is -2.54. The average Bonchev–Trinajstić information content (AvgIpc) is 2.27. The molecule has 3 heteroatoms. The maximum atomic E-state index is 6.44. The van der Waals surface area contributed by atoms with Gasteiger partial charge in [-0.05, 0) is 25.7 Å². The summed E-state index contributed by atoms with van der Waals surface area (Å²) in [5.74, 6) is 1.07. The third kappa shape index (κ3) is 3.25. The third-order valence-corrected chi connectivity index (χ3v) is 11.2. The summed E-state index contributed by atoms with van der Waals surface area (Å²) in [6.45, 7) is 24.1. The van der Waals surface area contributed by atoms with Gasteiger partial charge in [-0.15, -0.1) is 0 Å². The SMILES string of the molecule is CCO[Si](OCC)(C(C)(C)C(C)C)C(C)(C)C(C)C. The maximum Gasteiger partial charge on any atom is 0.350 e. The second kappa shape index (κ2) is 6.73. The Hall–Kier alpha value is 0.137. The molecule has 0 N–H and O–H groups in total. The highest BCUT2D eigenvalue weighted by atomic mass is 28.4. The Labute approximate surface area is 122 Å². The highest BCUT2D eigenvalue weighted by Crippen LogP contribution is 2.59. The van der Waals surface area contributed by atoms with Gasteiger partial charge in [-0.2, -0.15) is 0 Å². The largest absolute Gasteiger partial charge is 0.394 e. The van der Waals surface area contributed by atoms with E-state index in [1.165, 1.54) is 0 Å². The summed E-state index contributed by atoms with van der Waals surface area (Å²) in [7, 11) is -2.38. The van der Waals surface area contributed by atoms with Crippen LogP contribution < -0.4 is 0 Å². The fourth-order valence-corrected chi connectivity index (χ4v) is 8.35. The van der Waals surface area contributed by atoms with Gasteiger partial charge in [-0.25, -0.2) is 0 Å². The molecule has 116 valence electrons. The predicted octanol–water partition coefficient (Wildman–Crippen LogP) is 5.37. The number of rotatable bonds is 8. The molecule has 0 aliphatic heterocycles. The molecule has 2 nitrogen and oxygen atoms in total. The summed E-state index contributed by atoms with van der Waals surface area (Å²) in [4.78, 5) is 0. The molecule has 0 bridgehead atoms. The van der Waals surface area contributed by atoms with Crippen LogP contribution in [0.3, 0.4) is 0 Å². The Bertz CT molecular complexity index is 242. The van der Waals surface area contributed by atoms with Crippen LogP contribution in [0, 0.1) is 11.8 Å². The molecule has 0 atom stereocenters. The molecular weight excluding hydrogens is 252 g/mol. The highest BCUT2D eigenvalue weighted by Gasteiger charge is 2.63. The van der Waals surface area contributed by atoms with Gasteiger partial charge in [0.15, 0.2) is 0 Å². The van der Waals surface area contributed by atoms with E-state index in [0.29, 0.717) is 11.8 Å². The zero-order valence-corrected chi connectivity index (χ0v) is 15.9. The van der Waals surface area contributed by atoms with Gasteiger partial charge in [0.25, 0.3) is 0 Å². The van der Waals surface area contributed by atoms with E-state index in [9.17, 15) is 0 Å². The molecule has 0 aliphatic carbocycles. The standard InChI is InChI=1S/C16H36O2Si/c1-11-17-19(18-12-2,15(7,8)13(3)4)16(9,10)14(5)6/h13-14H,11-12H2,1-10H3. The predicted molar refractivity (Wildman–Crippen MR) is 86.8 cm³/mol. The van der Waals surface area contributed by atoms with Crippen LogP contribution in [0.4, 0.5) is 0 Å². The van der Waals surface area contributed by atoms with Crippen LogP contribution in [0.5, 0.6) is 0 Å². The Morgan fingerprint density at radius 2 is 1.00 bits per heavy atom. The molecule has 0 amide bonds. The first-order valence-electron chi connectivity index (χ1n) is 7.79. The molecule has 0 saturated heterocycles. The van der Waals surface area contributed by atoms with E-state index >= 15 is 0 Å². The minimum absolute atomic E-state index is 0.0762. The summed E-state index contributed by atoms with van der Waals surface area (Å²) < 4.78 is 12.9. The molecule has 0 aromatic carbocycles. The van der Waals surface area contributed by atoms with Crippen LogP contribution in [0.2, 0.25) is 10.1 Å². The molecule has 0 aromatic rings. The molecule has 0 spiro atoms. The van der Waals surface area contributed by atoms with Gasteiger partial charge in [0.2, 0.25) is 0 Å². The van der Waals surface area contributed by atoms with Crippen molar-refractivity contribution in [2.75, 3.05) is 13.2 Å². The monoisotopic (exact) mass is 288 g/mol. The van der Waals surface area contributed by atoms with E-state index in [-0.39, 0.29) is 10.1 Å². The fourth-order valence-electron chi connectivity index (χ4n) is 2.78. The normalized spacial score (nSPS) is 14.5. The third-order valence-electron chi connectivity index (χ3n) is 5.28. The molecular formula is C16H36O2Si. The van der Waals surface area contributed by atoms with Crippen molar-refractivity contribution in [3.63, 3.8) is 0 Å². The van der Waals surface area contributed by atoms with E-state index in [1.807, 2.05) is 0 Å². The second-order valence-electron chi connectivity index (χ2n) is 7.24. The summed E-state index contributed by atoms with van der Waals surface area (Å²) in [5, 5.41) is 0.152. The minimum Gasteiger partial charge on any atom is -0.394 e. The fraction of sp³-hybridized carbons (Fsp3) is 1.00. The first kappa shape index (κ1) is 19.1. The first-order chi connectivity index (χ1) is 8.51. The Morgan fingerprint density at radius 1 is 0.737 bits per heavy atom. The highest BCUT2D eigenvalue weighted by molar-refractivity contribution is 6.73. The van der Waals surface area contributed by atoms with Crippen molar-refractivity contribution in [2.45, 2.75) is 79.3 Å². The zero-order valence-electron chi connectivity index (χ0n) is 14.9. The molecule has 19 heavy (non-hydrogen) atoms. The Balaban J connectivity index is 5.95. The van der Waals surface area contributed by atoms with Crippen molar-refractivity contribution in [3.8, 4) is 0 Å². The lowest BCUT2D eigenvalue weighted by molar-refractivity contribution is 0.110. The molecule has 0 aromatic heterocycles. The first-order valence-corrected chi connectivity index (χ1v) is 9.60.